The number of carbonyl (C=O) groups excluding carboxylic acids is 1. The van der Waals surface area contributed by atoms with Gasteiger partial charge < -0.3 is 15.0 Å². The van der Waals surface area contributed by atoms with Crippen LogP contribution in [0.25, 0.3) is 0 Å². The number of nitrogens with one attached hydrogen (secondary N) is 1. The molecule has 3 rings (SSSR count). The fraction of sp³-hybridized carbons (Fsp3) is 0.217. The van der Waals surface area contributed by atoms with Crippen molar-refractivity contribution in [1.29, 1.82) is 0 Å². The highest BCUT2D eigenvalue weighted by Crippen LogP contribution is 2.29. The van der Waals surface area contributed by atoms with Crippen molar-refractivity contribution in [2.24, 2.45) is 0 Å². The van der Waals surface area contributed by atoms with Gasteiger partial charge in [-0.25, -0.2) is 0 Å². The van der Waals surface area contributed by atoms with E-state index in [0.29, 0.717) is 12.1 Å². The van der Waals surface area contributed by atoms with E-state index in [2.05, 4.69) is 10.3 Å². The first-order chi connectivity index (χ1) is 13.5. The maximum Gasteiger partial charge on any atom is 0.259 e. The molecule has 144 valence electrons. The lowest BCUT2D eigenvalue weighted by molar-refractivity contribution is 0.0988. The summed E-state index contributed by atoms with van der Waals surface area (Å²) in [5, 5.41) is 3.31. The second-order valence-corrected chi connectivity index (χ2v) is 6.68. The number of carbonyl (C=O) groups is 1. The van der Waals surface area contributed by atoms with Crippen molar-refractivity contribution < 1.29 is 9.53 Å². The summed E-state index contributed by atoms with van der Waals surface area (Å²) in [5.74, 6) is 0.651. The van der Waals surface area contributed by atoms with Gasteiger partial charge in [-0.15, -0.1) is 0 Å². The molecule has 0 aliphatic rings. The molecule has 0 aliphatic carbocycles. The Hall–Kier alpha value is -3.34. The molecule has 2 aromatic carbocycles. The van der Waals surface area contributed by atoms with Gasteiger partial charge in [-0.1, -0.05) is 18.2 Å². The number of methoxy groups -OCH3 is 1. The molecule has 1 aromatic heterocycles. The van der Waals surface area contributed by atoms with Gasteiger partial charge in [-0.3, -0.25) is 9.78 Å². The van der Waals surface area contributed by atoms with Crippen molar-refractivity contribution >= 4 is 23.0 Å². The van der Waals surface area contributed by atoms with Crippen molar-refractivity contribution in [1.82, 2.24) is 4.98 Å². The number of pyridine rings is 1. The van der Waals surface area contributed by atoms with Crippen LogP contribution in [0.4, 0.5) is 17.1 Å². The number of amides is 1. The van der Waals surface area contributed by atoms with E-state index < -0.39 is 0 Å². The predicted molar refractivity (Wildman–Crippen MR) is 114 cm³/mol. The Morgan fingerprint density at radius 1 is 1.07 bits per heavy atom. The van der Waals surface area contributed by atoms with Crippen LogP contribution in [0.2, 0.25) is 0 Å². The van der Waals surface area contributed by atoms with Crippen molar-refractivity contribution in [3.05, 3.63) is 77.6 Å². The van der Waals surface area contributed by atoms with Gasteiger partial charge in [0.25, 0.3) is 5.91 Å². The van der Waals surface area contributed by atoms with E-state index in [-0.39, 0.29) is 5.91 Å². The van der Waals surface area contributed by atoms with Crippen LogP contribution in [0.1, 0.15) is 28.4 Å². The summed E-state index contributed by atoms with van der Waals surface area (Å²) < 4.78 is 5.42. The highest BCUT2D eigenvalue weighted by molar-refractivity contribution is 6.06. The molecule has 1 N–H and O–H groups in total. The number of nitrogens with zero attached hydrogens (tertiary/aromatic N) is 2. The monoisotopic (exact) mass is 375 g/mol. The second-order valence-electron chi connectivity index (χ2n) is 6.68. The number of aromatic nitrogens is 1. The van der Waals surface area contributed by atoms with Crippen LogP contribution >= 0.6 is 0 Å². The van der Waals surface area contributed by atoms with E-state index in [1.165, 1.54) is 0 Å². The number of rotatable bonds is 6. The molecule has 5 heteroatoms. The number of hydrogen-bond donors (Lipinski definition) is 1. The van der Waals surface area contributed by atoms with Gasteiger partial charge in [0.15, 0.2) is 0 Å². The van der Waals surface area contributed by atoms with Gasteiger partial charge in [0.2, 0.25) is 0 Å². The third-order valence-electron chi connectivity index (χ3n) is 4.49. The van der Waals surface area contributed by atoms with Crippen LogP contribution in [-0.4, -0.2) is 24.5 Å². The largest absolute Gasteiger partial charge is 0.495 e. The highest BCUT2D eigenvalue weighted by atomic mass is 16.5. The maximum absolute atomic E-state index is 13.1. The summed E-state index contributed by atoms with van der Waals surface area (Å²) in [5.41, 5.74) is 5.20. The zero-order valence-corrected chi connectivity index (χ0v) is 16.7. The van der Waals surface area contributed by atoms with Crippen LogP contribution in [-0.2, 0) is 0 Å². The van der Waals surface area contributed by atoms with E-state index in [1.54, 1.807) is 24.4 Å². The molecule has 0 unspecified atom stereocenters. The van der Waals surface area contributed by atoms with E-state index in [4.69, 9.17) is 4.74 Å². The van der Waals surface area contributed by atoms with E-state index in [0.717, 1.165) is 33.9 Å². The quantitative estimate of drug-likeness (QED) is 0.650. The first-order valence-corrected chi connectivity index (χ1v) is 9.27. The molecule has 1 amide bonds. The van der Waals surface area contributed by atoms with Crippen molar-refractivity contribution in [2.75, 3.05) is 23.9 Å². The normalized spacial score (nSPS) is 10.4. The van der Waals surface area contributed by atoms with Gasteiger partial charge in [-0.2, -0.15) is 0 Å². The van der Waals surface area contributed by atoms with Crippen molar-refractivity contribution in [3.63, 3.8) is 0 Å². The van der Waals surface area contributed by atoms with Crippen LogP contribution < -0.4 is 15.0 Å². The second kappa shape index (κ2) is 8.57. The summed E-state index contributed by atoms with van der Waals surface area (Å²) in [4.78, 5) is 19.1. The Bertz CT molecular complexity index is 985. The van der Waals surface area contributed by atoms with Crippen LogP contribution in [0.15, 0.2) is 60.9 Å². The Balaban J connectivity index is 1.88. The minimum absolute atomic E-state index is 0.0829. The molecule has 0 spiro atoms. The molecular weight excluding hydrogens is 350 g/mol. The average molecular weight is 375 g/mol. The fourth-order valence-electron chi connectivity index (χ4n) is 3.10. The summed E-state index contributed by atoms with van der Waals surface area (Å²) in [6.07, 6.45) is 3.29. The standard InChI is InChI=1S/C23H25N3O2/c1-5-26(20-8-6-7-16(2)11-20)23(27)18-13-19(15-24-14-18)25-21-12-17(3)9-10-22(21)28-4/h6-15,25H,5H2,1-4H3. The number of benzene rings is 2. The molecule has 0 atom stereocenters. The minimum atomic E-state index is -0.0829. The van der Waals surface area contributed by atoms with Crippen LogP contribution in [0.3, 0.4) is 0 Å². The van der Waals surface area contributed by atoms with Crippen molar-refractivity contribution in [3.8, 4) is 5.75 Å². The van der Waals surface area contributed by atoms with Gasteiger partial charge in [0.1, 0.15) is 5.75 Å². The van der Waals surface area contributed by atoms with E-state index >= 15 is 0 Å². The lowest BCUT2D eigenvalue weighted by Gasteiger charge is -2.22. The summed E-state index contributed by atoms with van der Waals surface area (Å²) in [6.45, 7) is 6.58. The van der Waals surface area contributed by atoms with Crippen LogP contribution in [0, 0.1) is 13.8 Å². The van der Waals surface area contributed by atoms with Crippen LogP contribution in [0.5, 0.6) is 5.75 Å². The number of ether oxygens (including phenoxy) is 1. The molecule has 1 heterocycles. The number of anilines is 3. The predicted octanol–water partition coefficient (Wildman–Crippen LogP) is 5.12. The lowest BCUT2D eigenvalue weighted by Crippen LogP contribution is -2.30. The summed E-state index contributed by atoms with van der Waals surface area (Å²) in [7, 11) is 1.63. The molecule has 0 fully saturated rings. The molecule has 0 saturated heterocycles. The SMILES string of the molecule is CCN(C(=O)c1cncc(Nc2cc(C)ccc2OC)c1)c1cccc(C)c1. The minimum Gasteiger partial charge on any atom is -0.495 e. The maximum atomic E-state index is 13.1. The first kappa shape index (κ1) is 19.4. The van der Waals surface area contributed by atoms with Gasteiger partial charge in [0.05, 0.1) is 30.2 Å². The van der Waals surface area contributed by atoms with Gasteiger partial charge in [-0.05, 0) is 62.2 Å². The van der Waals surface area contributed by atoms with Gasteiger partial charge >= 0.3 is 0 Å². The topological polar surface area (TPSA) is 54.5 Å². The highest BCUT2D eigenvalue weighted by Gasteiger charge is 2.17. The molecule has 0 aliphatic heterocycles. The van der Waals surface area contributed by atoms with Gasteiger partial charge in [0, 0.05) is 18.4 Å². The zero-order valence-electron chi connectivity index (χ0n) is 16.7. The molecule has 0 bridgehead atoms. The Labute approximate surface area is 166 Å². The fourth-order valence-corrected chi connectivity index (χ4v) is 3.10. The molecule has 0 radical (unpaired) electrons. The number of aryl methyl sites for hydroxylation is 2. The number of hydrogen-bond acceptors (Lipinski definition) is 4. The summed E-state index contributed by atoms with van der Waals surface area (Å²) in [6, 6.07) is 15.6. The molecular formula is C23H25N3O2. The molecule has 3 aromatic rings. The Morgan fingerprint density at radius 2 is 1.86 bits per heavy atom. The first-order valence-electron chi connectivity index (χ1n) is 9.27. The Morgan fingerprint density at radius 3 is 2.57 bits per heavy atom. The molecule has 5 nitrogen and oxygen atoms in total. The van der Waals surface area contributed by atoms with Crippen molar-refractivity contribution in [2.45, 2.75) is 20.8 Å². The van der Waals surface area contributed by atoms with E-state index in [9.17, 15) is 4.79 Å². The smallest absolute Gasteiger partial charge is 0.259 e. The summed E-state index contributed by atoms with van der Waals surface area (Å²) >= 11 is 0. The Kier molecular flexibility index (Phi) is 5.94. The molecule has 28 heavy (non-hydrogen) atoms. The van der Waals surface area contributed by atoms with E-state index in [1.807, 2.05) is 69.3 Å². The molecule has 0 saturated carbocycles. The third kappa shape index (κ3) is 4.31. The zero-order chi connectivity index (χ0) is 20.1. The third-order valence-corrected chi connectivity index (χ3v) is 4.49. The lowest BCUT2D eigenvalue weighted by atomic mass is 10.1. The average Bonchev–Trinajstić information content (AvgIpc) is 2.69.